The summed E-state index contributed by atoms with van der Waals surface area (Å²) in [4.78, 5) is 0.0972. The topological polar surface area (TPSA) is 0 Å². The molecular formula is C5H8Cl. The molecule has 1 fully saturated rings. The van der Waals surface area contributed by atoms with Crippen LogP contribution in [0.3, 0.4) is 0 Å². The van der Waals surface area contributed by atoms with Gasteiger partial charge in [-0.15, -0.1) is 11.6 Å². The van der Waals surface area contributed by atoms with Gasteiger partial charge >= 0.3 is 0 Å². The van der Waals surface area contributed by atoms with Crippen LogP contribution < -0.4 is 0 Å². The summed E-state index contributed by atoms with van der Waals surface area (Å²) in [5, 5.41) is 0. The lowest BCUT2D eigenvalue weighted by Gasteiger charge is -1.88. The first-order valence-electron chi connectivity index (χ1n) is 2.15. The van der Waals surface area contributed by atoms with Crippen molar-refractivity contribution in [1.82, 2.24) is 0 Å². The highest BCUT2D eigenvalue weighted by atomic mass is 35.5. The van der Waals surface area contributed by atoms with Crippen molar-refractivity contribution in [2.24, 2.45) is 0 Å². The summed E-state index contributed by atoms with van der Waals surface area (Å²) >= 11 is 5.75. The first-order chi connectivity index (χ1) is 2.63. The van der Waals surface area contributed by atoms with E-state index in [1.165, 1.54) is 5.92 Å². The van der Waals surface area contributed by atoms with Crippen LogP contribution in [0.25, 0.3) is 0 Å². The summed E-state index contributed by atoms with van der Waals surface area (Å²) in [5.74, 6) is 1.42. The molecule has 0 aromatic carbocycles. The standard InChI is InChI=1S/C5H8Cl/c1-4-3-5(4,2)6/h3H2,1-2H3. The van der Waals surface area contributed by atoms with Gasteiger partial charge in [0.1, 0.15) is 0 Å². The van der Waals surface area contributed by atoms with Crippen molar-refractivity contribution in [3.63, 3.8) is 0 Å². The molecular weight excluding hydrogens is 95.5 g/mol. The highest BCUT2D eigenvalue weighted by Crippen LogP contribution is 2.50. The zero-order chi connectivity index (χ0) is 4.78. The minimum atomic E-state index is 0.0972. The predicted octanol–water partition coefficient (Wildman–Crippen LogP) is 1.98. The van der Waals surface area contributed by atoms with Gasteiger partial charge in [0.2, 0.25) is 0 Å². The van der Waals surface area contributed by atoms with E-state index in [0.717, 1.165) is 6.42 Å². The van der Waals surface area contributed by atoms with E-state index in [9.17, 15) is 0 Å². The molecule has 1 heteroatoms. The predicted molar refractivity (Wildman–Crippen MR) is 27.8 cm³/mol. The number of halogens is 1. The fourth-order valence-corrected chi connectivity index (χ4v) is 0.654. The van der Waals surface area contributed by atoms with Gasteiger partial charge in [-0.1, -0.05) is 6.92 Å². The van der Waals surface area contributed by atoms with Crippen LogP contribution in [0.15, 0.2) is 0 Å². The van der Waals surface area contributed by atoms with Crippen LogP contribution in [-0.4, -0.2) is 4.87 Å². The summed E-state index contributed by atoms with van der Waals surface area (Å²) in [6, 6.07) is 0. The van der Waals surface area contributed by atoms with E-state index in [0.29, 0.717) is 0 Å². The minimum absolute atomic E-state index is 0.0972. The fraction of sp³-hybridized carbons (Fsp3) is 0.800. The fourth-order valence-electron chi connectivity index (χ4n) is 0.454. The van der Waals surface area contributed by atoms with Crippen molar-refractivity contribution >= 4 is 11.6 Å². The SMILES string of the molecule is C[C]1CC1(C)Cl. The monoisotopic (exact) mass is 103 g/mol. The van der Waals surface area contributed by atoms with Gasteiger partial charge in [0.25, 0.3) is 0 Å². The highest BCUT2D eigenvalue weighted by molar-refractivity contribution is 6.28. The van der Waals surface area contributed by atoms with Gasteiger partial charge in [-0.3, -0.25) is 0 Å². The van der Waals surface area contributed by atoms with Crippen molar-refractivity contribution in [3.05, 3.63) is 5.92 Å². The lowest BCUT2D eigenvalue weighted by atomic mass is 10.4. The summed E-state index contributed by atoms with van der Waals surface area (Å²) in [6.07, 6.45) is 1.12. The summed E-state index contributed by atoms with van der Waals surface area (Å²) in [7, 11) is 0. The third kappa shape index (κ3) is 0.538. The second-order valence-corrected chi connectivity index (χ2v) is 2.99. The van der Waals surface area contributed by atoms with Gasteiger partial charge in [0.15, 0.2) is 0 Å². The Bertz CT molecular complexity index is 66.3. The Kier molecular flexibility index (Phi) is 0.682. The molecule has 0 aromatic rings. The highest BCUT2D eigenvalue weighted by Gasteiger charge is 2.45. The van der Waals surface area contributed by atoms with Crippen LogP contribution >= 0.6 is 11.6 Å². The van der Waals surface area contributed by atoms with Gasteiger partial charge in [-0.2, -0.15) is 0 Å². The maximum absolute atomic E-state index is 5.75. The Morgan fingerprint density at radius 1 is 1.83 bits per heavy atom. The molecule has 1 saturated carbocycles. The molecule has 1 unspecified atom stereocenters. The van der Waals surface area contributed by atoms with Crippen LogP contribution in [0.2, 0.25) is 0 Å². The average Bonchev–Trinajstić information content (AvgIpc) is 1.73. The van der Waals surface area contributed by atoms with Crippen LogP contribution in [0.5, 0.6) is 0 Å². The zero-order valence-corrected chi connectivity index (χ0v) is 4.84. The van der Waals surface area contributed by atoms with Gasteiger partial charge in [-0.25, -0.2) is 0 Å². The van der Waals surface area contributed by atoms with Crippen LogP contribution in [0.1, 0.15) is 20.3 Å². The lowest BCUT2D eigenvalue weighted by molar-refractivity contribution is 1.04. The van der Waals surface area contributed by atoms with E-state index in [1.807, 2.05) is 6.92 Å². The van der Waals surface area contributed by atoms with Gasteiger partial charge in [0, 0.05) is 4.87 Å². The molecule has 35 valence electrons. The van der Waals surface area contributed by atoms with E-state index < -0.39 is 0 Å². The smallest absolute Gasteiger partial charge is 0.0484 e. The second-order valence-electron chi connectivity index (χ2n) is 2.15. The van der Waals surface area contributed by atoms with Crippen molar-refractivity contribution < 1.29 is 0 Å². The molecule has 0 bridgehead atoms. The molecule has 1 atom stereocenters. The normalized spacial score (nSPS) is 46.5. The van der Waals surface area contributed by atoms with Crippen LogP contribution in [0.4, 0.5) is 0 Å². The van der Waals surface area contributed by atoms with Crippen molar-refractivity contribution in [1.29, 1.82) is 0 Å². The maximum Gasteiger partial charge on any atom is 0.0484 e. The Labute approximate surface area is 43.5 Å². The van der Waals surface area contributed by atoms with Crippen molar-refractivity contribution in [3.8, 4) is 0 Å². The third-order valence-corrected chi connectivity index (χ3v) is 1.82. The molecule has 1 aliphatic rings. The van der Waals surface area contributed by atoms with Crippen LogP contribution in [-0.2, 0) is 0 Å². The van der Waals surface area contributed by atoms with E-state index in [-0.39, 0.29) is 4.87 Å². The first kappa shape index (κ1) is 4.45. The van der Waals surface area contributed by atoms with Gasteiger partial charge in [-0.05, 0) is 19.3 Å². The minimum Gasteiger partial charge on any atom is -0.119 e. The number of rotatable bonds is 0. The summed E-state index contributed by atoms with van der Waals surface area (Å²) in [5.41, 5.74) is 0. The molecule has 0 saturated heterocycles. The second kappa shape index (κ2) is 0.919. The molecule has 1 rings (SSSR count). The Balaban J connectivity index is 2.41. The average molecular weight is 104 g/mol. The molecule has 0 nitrogen and oxygen atoms in total. The van der Waals surface area contributed by atoms with E-state index in [1.54, 1.807) is 0 Å². The molecule has 0 amide bonds. The molecule has 0 spiro atoms. The summed E-state index contributed by atoms with van der Waals surface area (Å²) < 4.78 is 0. The molecule has 0 aliphatic heterocycles. The molecule has 0 heterocycles. The van der Waals surface area contributed by atoms with Gasteiger partial charge < -0.3 is 0 Å². The largest absolute Gasteiger partial charge is 0.119 e. The van der Waals surface area contributed by atoms with Gasteiger partial charge in [0.05, 0.1) is 0 Å². The molecule has 0 aromatic heterocycles. The molecule has 1 aliphatic carbocycles. The molecule has 0 N–H and O–H groups in total. The quantitative estimate of drug-likeness (QED) is 0.412. The first-order valence-corrected chi connectivity index (χ1v) is 2.52. The zero-order valence-electron chi connectivity index (χ0n) is 4.09. The molecule has 1 radical (unpaired) electrons. The maximum atomic E-state index is 5.75. The number of hydrogen-bond acceptors (Lipinski definition) is 0. The summed E-state index contributed by atoms with van der Waals surface area (Å²) in [6.45, 7) is 4.14. The lowest BCUT2D eigenvalue weighted by Crippen LogP contribution is -1.86. The number of alkyl halides is 1. The molecule has 6 heavy (non-hydrogen) atoms. The van der Waals surface area contributed by atoms with E-state index in [2.05, 4.69) is 6.92 Å². The van der Waals surface area contributed by atoms with Crippen LogP contribution in [0, 0.1) is 5.92 Å². The Hall–Kier alpha value is 0.290. The van der Waals surface area contributed by atoms with E-state index >= 15 is 0 Å². The van der Waals surface area contributed by atoms with Crippen molar-refractivity contribution in [2.75, 3.05) is 0 Å². The Morgan fingerprint density at radius 2 is 2.00 bits per heavy atom. The Morgan fingerprint density at radius 3 is 2.00 bits per heavy atom. The van der Waals surface area contributed by atoms with Crippen molar-refractivity contribution in [2.45, 2.75) is 25.1 Å². The number of hydrogen-bond donors (Lipinski definition) is 0. The van der Waals surface area contributed by atoms with E-state index in [4.69, 9.17) is 11.6 Å². The third-order valence-electron chi connectivity index (χ3n) is 1.36.